The van der Waals surface area contributed by atoms with Gasteiger partial charge < -0.3 is 10.6 Å². The zero-order chi connectivity index (χ0) is 15.5. The summed E-state index contributed by atoms with van der Waals surface area (Å²) < 4.78 is 0. The average molecular weight is 314 g/mol. The number of benzene rings is 1. The van der Waals surface area contributed by atoms with Gasteiger partial charge in [0.25, 0.3) is 5.91 Å². The second-order valence-electron chi connectivity index (χ2n) is 5.47. The van der Waals surface area contributed by atoms with Gasteiger partial charge in [-0.15, -0.1) is 11.3 Å². The summed E-state index contributed by atoms with van der Waals surface area (Å²) in [6.07, 6.45) is 4.45. The number of aryl methyl sites for hydroxylation is 1. The molecule has 1 aliphatic rings. The van der Waals surface area contributed by atoms with Crippen LogP contribution in [0.15, 0.2) is 29.6 Å². The Hall–Kier alpha value is -2.14. The number of amides is 2. The molecule has 0 bridgehead atoms. The van der Waals surface area contributed by atoms with E-state index in [9.17, 15) is 9.59 Å². The molecule has 0 spiro atoms. The van der Waals surface area contributed by atoms with Gasteiger partial charge in [0.2, 0.25) is 5.91 Å². The lowest BCUT2D eigenvalue weighted by Crippen LogP contribution is -2.15. The normalized spacial score (nSPS) is 13.3. The van der Waals surface area contributed by atoms with Crippen molar-refractivity contribution >= 4 is 34.5 Å². The zero-order valence-electron chi connectivity index (χ0n) is 12.4. The molecular weight excluding hydrogens is 296 g/mol. The van der Waals surface area contributed by atoms with E-state index in [1.807, 2.05) is 17.5 Å². The molecule has 2 amide bonds. The first-order chi connectivity index (χ1) is 10.6. The molecule has 0 fully saturated rings. The van der Waals surface area contributed by atoms with Crippen molar-refractivity contribution in [1.29, 1.82) is 0 Å². The van der Waals surface area contributed by atoms with Gasteiger partial charge in [0.05, 0.1) is 5.56 Å². The summed E-state index contributed by atoms with van der Waals surface area (Å²) in [6, 6.07) is 7.19. The second-order valence-corrected chi connectivity index (χ2v) is 6.44. The molecule has 0 unspecified atom stereocenters. The second kappa shape index (κ2) is 6.32. The highest BCUT2D eigenvalue weighted by Crippen LogP contribution is 2.30. The molecule has 1 aliphatic carbocycles. The minimum Gasteiger partial charge on any atom is -0.326 e. The van der Waals surface area contributed by atoms with E-state index in [4.69, 9.17) is 0 Å². The largest absolute Gasteiger partial charge is 0.326 e. The lowest BCUT2D eigenvalue weighted by Gasteiger charge is -2.13. The van der Waals surface area contributed by atoms with Crippen LogP contribution in [-0.2, 0) is 17.6 Å². The molecule has 3 rings (SSSR count). The molecule has 1 aromatic carbocycles. The van der Waals surface area contributed by atoms with Crippen molar-refractivity contribution in [2.75, 3.05) is 10.6 Å². The molecule has 22 heavy (non-hydrogen) atoms. The highest BCUT2D eigenvalue weighted by molar-refractivity contribution is 7.10. The first-order valence-electron chi connectivity index (χ1n) is 7.42. The fourth-order valence-corrected chi connectivity index (χ4v) is 3.89. The summed E-state index contributed by atoms with van der Waals surface area (Å²) in [5, 5.41) is 7.60. The van der Waals surface area contributed by atoms with Crippen molar-refractivity contribution in [1.82, 2.24) is 0 Å². The SMILES string of the molecule is CC(=O)Nc1cccc(NC(=O)c2csc3c2CCCC3)c1. The molecule has 0 aliphatic heterocycles. The summed E-state index contributed by atoms with van der Waals surface area (Å²) in [6.45, 7) is 1.46. The molecule has 0 saturated carbocycles. The van der Waals surface area contributed by atoms with Gasteiger partial charge in [-0.25, -0.2) is 0 Å². The third kappa shape index (κ3) is 3.20. The predicted molar refractivity (Wildman–Crippen MR) is 89.7 cm³/mol. The van der Waals surface area contributed by atoms with E-state index in [0.29, 0.717) is 11.4 Å². The average Bonchev–Trinajstić information content (AvgIpc) is 2.91. The van der Waals surface area contributed by atoms with Crippen LogP contribution in [0.5, 0.6) is 0 Å². The van der Waals surface area contributed by atoms with Crippen LogP contribution in [0, 0.1) is 0 Å². The molecule has 114 valence electrons. The van der Waals surface area contributed by atoms with Gasteiger partial charge in [0.15, 0.2) is 0 Å². The van der Waals surface area contributed by atoms with Gasteiger partial charge in [0, 0.05) is 28.6 Å². The summed E-state index contributed by atoms with van der Waals surface area (Å²) in [5.41, 5.74) is 3.38. The monoisotopic (exact) mass is 314 g/mol. The molecule has 0 radical (unpaired) electrons. The molecule has 5 heteroatoms. The Labute approximate surface area is 133 Å². The van der Waals surface area contributed by atoms with E-state index in [1.165, 1.54) is 23.8 Å². The third-order valence-corrected chi connectivity index (χ3v) is 4.84. The number of rotatable bonds is 3. The summed E-state index contributed by atoms with van der Waals surface area (Å²) in [7, 11) is 0. The van der Waals surface area contributed by atoms with Crippen LogP contribution in [-0.4, -0.2) is 11.8 Å². The van der Waals surface area contributed by atoms with Crippen LogP contribution in [0.2, 0.25) is 0 Å². The number of hydrogen-bond donors (Lipinski definition) is 2. The van der Waals surface area contributed by atoms with E-state index in [-0.39, 0.29) is 11.8 Å². The van der Waals surface area contributed by atoms with Crippen LogP contribution in [0.4, 0.5) is 11.4 Å². The molecule has 0 atom stereocenters. The summed E-state index contributed by atoms with van der Waals surface area (Å²) >= 11 is 1.68. The highest BCUT2D eigenvalue weighted by Gasteiger charge is 2.20. The van der Waals surface area contributed by atoms with Gasteiger partial charge in [-0.3, -0.25) is 9.59 Å². The Bertz CT molecular complexity index is 721. The Morgan fingerprint density at radius 3 is 2.59 bits per heavy atom. The molecule has 1 aromatic heterocycles. The van der Waals surface area contributed by atoms with Crippen molar-refractivity contribution in [2.45, 2.75) is 32.6 Å². The van der Waals surface area contributed by atoms with Gasteiger partial charge >= 0.3 is 0 Å². The number of thiophene rings is 1. The van der Waals surface area contributed by atoms with Crippen LogP contribution in [0.1, 0.15) is 40.6 Å². The van der Waals surface area contributed by atoms with Crippen LogP contribution >= 0.6 is 11.3 Å². The van der Waals surface area contributed by atoms with Crippen molar-refractivity contribution in [3.8, 4) is 0 Å². The number of anilines is 2. The first-order valence-corrected chi connectivity index (χ1v) is 8.29. The van der Waals surface area contributed by atoms with Crippen molar-refractivity contribution in [3.63, 3.8) is 0 Å². The third-order valence-electron chi connectivity index (χ3n) is 3.75. The Balaban J connectivity index is 1.77. The maximum Gasteiger partial charge on any atom is 0.256 e. The highest BCUT2D eigenvalue weighted by atomic mass is 32.1. The molecule has 1 heterocycles. The van der Waals surface area contributed by atoms with E-state index in [2.05, 4.69) is 10.6 Å². The summed E-state index contributed by atoms with van der Waals surface area (Å²) in [5.74, 6) is -0.199. The molecule has 4 nitrogen and oxygen atoms in total. The topological polar surface area (TPSA) is 58.2 Å². The smallest absolute Gasteiger partial charge is 0.256 e. The molecule has 0 saturated heterocycles. The standard InChI is InChI=1S/C17H18N2O2S/c1-11(20)18-12-5-4-6-13(9-12)19-17(21)15-10-22-16-8-3-2-7-14(15)16/h4-6,9-10H,2-3,7-8H2,1H3,(H,18,20)(H,19,21). The van der Waals surface area contributed by atoms with Crippen molar-refractivity contribution in [2.24, 2.45) is 0 Å². The quantitative estimate of drug-likeness (QED) is 0.904. The summed E-state index contributed by atoms with van der Waals surface area (Å²) in [4.78, 5) is 24.9. The maximum atomic E-state index is 12.5. The maximum absolute atomic E-state index is 12.5. The van der Waals surface area contributed by atoms with Gasteiger partial charge in [-0.2, -0.15) is 0 Å². The van der Waals surface area contributed by atoms with Crippen LogP contribution < -0.4 is 10.6 Å². The molecule has 2 N–H and O–H groups in total. The number of nitrogens with one attached hydrogen (secondary N) is 2. The fourth-order valence-electron chi connectivity index (χ4n) is 2.76. The number of fused-ring (bicyclic) bond motifs is 1. The molecule has 2 aromatic rings. The lowest BCUT2D eigenvalue weighted by atomic mass is 9.95. The van der Waals surface area contributed by atoms with E-state index < -0.39 is 0 Å². The van der Waals surface area contributed by atoms with E-state index in [0.717, 1.165) is 24.8 Å². The number of hydrogen-bond acceptors (Lipinski definition) is 3. The van der Waals surface area contributed by atoms with E-state index >= 15 is 0 Å². The fraction of sp³-hybridized carbons (Fsp3) is 0.294. The van der Waals surface area contributed by atoms with Gasteiger partial charge in [-0.05, 0) is 49.4 Å². The number of carbonyl (C=O) groups is 2. The minimum atomic E-state index is -0.129. The lowest BCUT2D eigenvalue weighted by molar-refractivity contribution is -0.114. The van der Waals surface area contributed by atoms with Crippen LogP contribution in [0.25, 0.3) is 0 Å². The van der Waals surface area contributed by atoms with Crippen molar-refractivity contribution < 1.29 is 9.59 Å². The number of carbonyl (C=O) groups excluding carboxylic acids is 2. The predicted octanol–water partition coefficient (Wildman–Crippen LogP) is 3.84. The van der Waals surface area contributed by atoms with E-state index in [1.54, 1.807) is 23.5 Å². The zero-order valence-corrected chi connectivity index (χ0v) is 13.3. The molecular formula is C17H18N2O2S. The van der Waals surface area contributed by atoms with Crippen LogP contribution in [0.3, 0.4) is 0 Å². The Kier molecular flexibility index (Phi) is 4.24. The Morgan fingerprint density at radius 2 is 1.82 bits per heavy atom. The van der Waals surface area contributed by atoms with Gasteiger partial charge in [-0.1, -0.05) is 6.07 Å². The minimum absolute atomic E-state index is 0.0700. The van der Waals surface area contributed by atoms with Gasteiger partial charge in [0.1, 0.15) is 0 Å². The Morgan fingerprint density at radius 1 is 1.09 bits per heavy atom. The first kappa shape index (κ1) is 14.8. The van der Waals surface area contributed by atoms with Crippen molar-refractivity contribution in [3.05, 3.63) is 45.6 Å².